The van der Waals surface area contributed by atoms with Gasteiger partial charge in [-0.15, -0.1) is 11.3 Å². The number of aromatic amines is 1. The van der Waals surface area contributed by atoms with Crippen LogP contribution in [0, 0.1) is 11.8 Å². The van der Waals surface area contributed by atoms with E-state index in [1.54, 1.807) is 11.3 Å². The maximum absolute atomic E-state index is 12.8. The van der Waals surface area contributed by atoms with Crippen LogP contribution in [-0.2, 0) is 22.4 Å². The molecule has 0 aromatic carbocycles. The lowest BCUT2D eigenvalue weighted by Gasteiger charge is -2.34. The highest BCUT2D eigenvalue weighted by molar-refractivity contribution is 7.18. The Bertz CT molecular complexity index is 927. The summed E-state index contributed by atoms with van der Waals surface area (Å²) in [4.78, 5) is 37.2. The lowest BCUT2D eigenvalue weighted by Crippen LogP contribution is -2.39. The van der Waals surface area contributed by atoms with Crippen LogP contribution in [0.15, 0.2) is 4.79 Å². The van der Waals surface area contributed by atoms with E-state index in [4.69, 9.17) is 9.72 Å². The molecular formula is C21H29N3O3S. The van der Waals surface area contributed by atoms with Crippen LogP contribution in [0.2, 0.25) is 0 Å². The van der Waals surface area contributed by atoms with Crippen molar-refractivity contribution in [1.29, 1.82) is 0 Å². The van der Waals surface area contributed by atoms with Crippen LogP contribution in [0.1, 0.15) is 62.3 Å². The summed E-state index contributed by atoms with van der Waals surface area (Å²) in [5, 5.41) is 0.809. The van der Waals surface area contributed by atoms with Crippen LogP contribution in [0.25, 0.3) is 10.2 Å². The third-order valence-electron chi connectivity index (χ3n) is 6.28. The summed E-state index contributed by atoms with van der Waals surface area (Å²) < 4.78 is 5.16. The molecule has 2 atom stereocenters. The molecule has 1 aliphatic heterocycles. The molecule has 3 heterocycles. The number of likely N-dealkylation sites (tertiary alicyclic amines) is 1. The van der Waals surface area contributed by atoms with Crippen LogP contribution in [0.5, 0.6) is 0 Å². The molecule has 0 spiro atoms. The Morgan fingerprint density at radius 3 is 2.82 bits per heavy atom. The number of carbonyl (C=O) groups is 1. The van der Waals surface area contributed by atoms with E-state index in [1.165, 1.54) is 10.4 Å². The summed E-state index contributed by atoms with van der Waals surface area (Å²) in [6.45, 7) is 8.26. The van der Waals surface area contributed by atoms with Crippen molar-refractivity contribution in [1.82, 2.24) is 14.9 Å². The zero-order chi connectivity index (χ0) is 19.8. The second-order valence-corrected chi connectivity index (χ2v) is 9.30. The molecule has 1 fully saturated rings. The number of thiophene rings is 1. The van der Waals surface area contributed by atoms with Gasteiger partial charge in [-0.3, -0.25) is 14.5 Å². The third-order valence-corrected chi connectivity index (χ3v) is 7.42. The fourth-order valence-electron chi connectivity index (χ4n) is 4.52. The van der Waals surface area contributed by atoms with Crippen molar-refractivity contribution in [2.24, 2.45) is 11.8 Å². The van der Waals surface area contributed by atoms with E-state index in [0.717, 1.165) is 61.2 Å². The standard InChI is InChI=1S/C21H29N3O3S/c1-4-27-21(26)14-7-9-24(10-8-14)13(3)18-22-19(25)17-15-6-5-12(2)11-16(15)28-20(17)23-18/h12-14H,4-11H2,1-3H3,(H,22,23,25)/t12-,13+/m1/s1. The van der Waals surface area contributed by atoms with Crippen LogP contribution in [0.4, 0.5) is 0 Å². The van der Waals surface area contributed by atoms with E-state index in [2.05, 4.69) is 23.7 Å². The van der Waals surface area contributed by atoms with Crippen molar-refractivity contribution in [3.63, 3.8) is 0 Å². The molecule has 0 radical (unpaired) electrons. The van der Waals surface area contributed by atoms with Gasteiger partial charge in [0.05, 0.1) is 24.0 Å². The molecule has 6 nitrogen and oxygen atoms in total. The molecule has 1 aliphatic carbocycles. The molecule has 1 N–H and O–H groups in total. The van der Waals surface area contributed by atoms with Crippen LogP contribution in [-0.4, -0.2) is 40.5 Å². The first kappa shape index (κ1) is 19.6. The lowest BCUT2D eigenvalue weighted by molar-refractivity contribution is -0.149. The Morgan fingerprint density at radius 2 is 2.11 bits per heavy atom. The number of carbonyl (C=O) groups excluding carboxylic acids is 1. The SMILES string of the molecule is CCOC(=O)C1CCN([C@@H](C)c2nc3sc4c(c3c(=O)[nH]2)CC[C@@H](C)C4)CC1. The van der Waals surface area contributed by atoms with E-state index >= 15 is 0 Å². The summed E-state index contributed by atoms with van der Waals surface area (Å²) in [7, 11) is 0. The number of piperidine rings is 1. The Balaban J connectivity index is 1.53. The molecule has 0 unspecified atom stereocenters. The normalized spacial score (nSPS) is 22.2. The number of H-pyrrole nitrogens is 1. The minimum atomic E-state index is -0.0823. The lowest BCUT2D eigenvalue weighted by atomic mass is 9.89. The number of hydrogen-bond acceptors (Lipinski definition) is 6. The predicted octanol–water partition coefficient (Wildman–Crippen LogP) is 3.45. The molecule has 2 aromatic rings. The highest BCUT2D eigenvalue weighted by Gasteiger charge is 2.30. The number of ether oxygens (including phenoxy) is 1. The number of nitrogens with zero attached hydrogens (tertiary/aromatic N) is 2. The summed E-state index contributed by atoms with van der Waals surface area (Å²) in [5.41, 5.74) is 1.22. The van der Waals surface area contributed by atoms with Crippen molar-refractivity contribution in [2.45, 2.75) is 58.9 Å². The van der Waals surface area contributed by atoms with Crippen LogP contribution < -0.4 is 5.56 Å². The van der Waals surface area contributed by atoms with Crippen molar-refractivity contribution < 1.29 is 9.53 Å². The van der Waals surface area contributed by atoms with E-state index in [1.807, 2.05) is 6.92 Å². The Hall–Kier alpha value is -1.73. The smallest absolute Gasteiger partial charge is 0.309 e. The molecule has 0 bridgehead atoms. The zero-order valence-electron chi connectivity index (χ0n) is 16.9. The minimum Gasteiger partial charge on any atom is -0.466 e. The van der Waals surface area contributed by atoms with Crippen molar-refractivity contribution in [3.8, 4) is 0 Å². The monoisotopic (exact) mass is 403 g/mol. The van der Waals surface area contributed by atoms with Gasteiger partial charge in [0.2, 0.25) is 0 Å². The largest absolute Gasteiger partial charge is 0.466 e. The number of esters is 1. The summed E-state index contributed by atoms with van der Waals surface area (Å²) in [5.74, 6) is 1.32. The highest BCUT2D eigenvalue weighted by Crippen LogP contribution is 2.36. The number of fused-ring (bicyclic) bond motifs is 3. The van der Waals surface area contributed by atoms with Crippen LogP contribution in [0.3, 0.4) is 0 Å². The maximum Gasteiger partial charge on any atom is 0.309 e. The average molecular weight is 404 g/mol. The van der Waals surface area contributed by atoms with Gasteiger partial charge in [0.15, 0.2) is 0 Å². The third kappa shape index (κ3) is 3.62. The van der Waals surface area contributed by atoms with Crippen molar-refractivity contribution >= 4 is 27.5 Å². The van der Waals surface area contributed by atoms with Gasteiger partial charge >= 0.3 is 5.97 Å². The number of hydrogen-bond donors (Lipinski definition) is 1. The average Bonchev–Trinajstić information content (AvgIpc) is 3.05. The van der Waals surface area contributed by atoms with Gasteiger partial charge < -0.3 is 9.72 Å². The van der Waals surface area contributed by atoms with Crippen LogP contribution >= 0.6 is 11.3 Å². The molecule has 4 rings (SSSR count). The second-order valence-electron chi connectivity index (χ2n) is 8.22. The molecule has 152 valence electrons. The molecule has 0 amide bonds. The molecule has 7 heteroatoms. The fourth-order valence-corrected chi connectivity index (χ4v) is 5.91. The van der Waals surface area contributed by atoms with E-state index in [0.29, 0.717) is 12.5 Å². The minimum absolute atomic E-state index is 0.000289. The number of aryl methyl sites for hydroxylation is 1. The Labute approximate surface area is 169 Å². The van der Waals surface area contributed by atoms with Gasteiger partial charge in [0.25, 0.3) is 5.56 Å². The summed E-state index contributed by atoms with van der Waals surface area (Å²) in [6, 6.07) is 0.0262. The molecule has 28 heavy (non-hydrogen) atoms. The summed E-state index contributed by atoms with van der Waals surface area (Å²) >= 11 is 1.69. The van der Waals surface area contributed by atoms with E-state index in [-0.39, 0.29) is 23.5 Å². The topological polar surface area (TPSA) is 75.3 Å². The highest BCUT2D eigenvalue weighted by atomic mass is 32.1. The Morgan fingerprint density at radius 1 is 1.36 bits per heavy atom. The maximum atomic E-state index is 12.8. The Kier molecular flexibility index (Phi) is 5.56. The van der Waals surface area contributed by atoms with E-state index < -0.39 is 0 Å². The number of nitrogens with one attached hydrogen (secondary N) is 1. The molecule has 2 aliphatic rings. The van der Waals surface area contributed by atoms with Gasteiger partial charge in [-0.1, -0.05) is 6.92 Å². The zero-order valence-corrected chi connectivity index (χ0v) is 17.7. The number of rotatable bonds is 4. The van der Waals surface area contributed by atoms with Gasteiger partial charge in [-0.05, 0) is 70.5 Å². The first-order chi connectivity index (χ1) is 13.5. The summed E-state index contributed by atoms with van der Waals surface area (Å²) in [6.07, 6.45) is 4.77. The molecule has 0 saturated carbocycles. The quantitative estimate of drug-likeness (QED) is 0.792. The van der Waals surface area contributed by atoms with Gasteiger partial charge in [-0.2, -0.15) is 0 Å². The van der Waals surface area contributed by atoms with Gasteiger partial charge in [0, 0.05) is 4.88 Å². The molecule has 1 saturated heterocycles. The molecule has 2 aromatic heterocycles. The number of aromatic nitrogens is 2. The first-order valence-corrected chi connectivity index (χ1v) is 11.2. The van der Waals surface area contributed by atoms with Gasteiger partial charge in [-0.25, -0.2) is 4.98 Å². The predicted molar refractivity (Wildman–Crippen MR) is 111 cm³/mol. The van der Waals surface area contributed by atoms with Crippen molar-refractivity contribution in [3.05, 3.63) is 26.6 Å². The van der Waals surface area contributed by atoms with Gasteiger partial charge in [0.1, 0.15) is 10.7 Å². The second kappa shape index (κ2) is 7.95. The van der Waals surface area contributed by atoms with E-state index in [9.17, 15) is 9.59 Å². The first-order valence-electron chi connectivity index (χ1n) is 10.4. The molecular weight excluding hydrogens is 374 g/mol. The fraction of sp³-hybridized carbons (Fsp3) is 0.667. The van der Waals surface area contributed by atoms with Crippen molar-refractivity contribution in [2.75, 3.05) is 19.7 Å².